The van der Waals surface area contributed by atoms with Gasteiger partial charge in [-0.15, -0.1) is 0 Å². The quantitative estimate of drug-likeness (QED) is 0.513. The van der Waals surface area contributed by atoms with Crippen LogP contribution < -0.4 is 9.47 Å². The van der Waals surface area contributed by atoms with Gasteiger partial charge in [0.05, 0.1) is 40.0 Å². The van der Waals surface area contributed by atoms with Gasteiger partial charge in [-0.3, -0.25) is 4.79 Å². The minimum absolute atomic E-state index is 0.0440. The Morgan fingerprint density at radius 3 is 2.38 bits per heavy atom. The predicted molar refractivity (Wildman–Crippen MR) is 120 cm³/mol. The molecule has 6 heteroatoms. The Morgan fingerprint density at radius 2 is 1.75 bits per heavy atom. The van der Waals surface area contributed by atoms with Crippen LogP contribution in [0.15, 0.2) is 42.5 Å². The SMILES string of the molecule is COc1ccc(C[C@H]2COC(c3ccc(F)cc3)[C@H]2COC(=O)CC(C)(C)C)cc1OC. The van der Waals surface area contributed by atoms with Crippen molar-refractivity contribution in [3.63, 3.8) is 0 Å². The van der Waals surface area contributed by atoms with Crippen LogP contribution in [0.25, 0.3) is 0 Å². The van der Waals surface area contributed by atoms with E-state index in [0.717, 1.165) is 17.5 Å². The van der Waals surface area contributed by atoms with Crippen molar-refractivity contribution in [2.75, 3.05) is 27.4 Å². The second-order valence-corrected chi connectivity index (χ2v) is 9.54. The normalized spacial score (nSPS) is 20.8. The van der Waals surface area contributed by atoms with Gasteiger partial charge < -0.3 is 18.9 Å². The van der Waals surface area contributed by atoms with E-state index < -0.39 is 0 Å². The van der Waals surface area contributed by atoms with Crippen molar-refractivity contribution in [1.29, 1.82) is 0 Å². The minimum Gasteiger partial charge on any atom is -0.493 e. The minimum atomic E-state index is -0.290. The molecule has 0 spiro atoms. The highest BCUT2D eigenvalue weighted by Crippen LogP contribution is 2.41. The average Bonchev–Trinajstić information content (AvgIpc) is 3.13. The summed E-state index contributed by atoms with van der Waals surface area (Å²) < 4.78 is 36.0. The number of halogens is 1. The number of benzene rings is 2. The van der Waals surface area contributed by atoms with Crippen molar-refractivity contribution < 1.29 is 28.1 Å². The van der Waals surface area contributed by atoms with E-state index in [2.05, 4.69) is 0 Å². The Morgan fingerprint density at radius 1 is 1.06 bits per heavy atom. The van der Waals surface area contributed by atoms with E-state index in [1.807, 2.05) is 39.0 Å². The Balaban J connectivity index is 1.78. The molecule has 0 bridgehead atoms. The molecule has 3 atom stereocenters. The summed E-state index contributed by atoms with van der Waals surface area (Å²) in [4.78, 5) is 12.4. The third-order valence-corrected chi connectivity index (χ3v) is 5.74. The number of carbonyl (C=O) groups excluding carboxylic acids is 1. The summed E-state index contributed by atoms with van der Waals surface area (Å²) in [6.07, 6.45) is 0.824. The number of ether oxygens (including phenoxy) is 4. The second kappa shape index (κ2) is 10.3. The molecule has 0 aliphatic carbocycles. The molecule has 1 aliphatic heterocycles. The van der Waals surface area contributed by atoms with E-state index in [9.17, 15) is 9.18 Å². The van der Waals surface area contributed by atoms with E-state index in [0.29, 0.717) is 24.5 Å². The van der Waals surface area contributed by atoms with Crippen molar-refractivity contribution in [1.82, 2.24) is 0 Å². The molecule has 0 N–H and O–H groups in total. The van der Waals surface area contributed by atoms with E-state index in [-0.39, 0.29) is 41.7 Å². The largest absolute Gasteiger partial charge is 0.493 e. The van der Waals surface area contributed by atoms with Crippen molar-refractivity contribution >= 4 is 5.97 Å². The lowest BCUT2D eigenvalue weighted by Crippen LogP contribution is -2.25. The fraction of sp³-hybridized carbons (Fsp3) is 0.500. The molecule has 0 saturated carbocycles. The van der Waals surface area contributed by atoms with Crippen molar-refractivity contribution in [2.45, 2.75) is 39.7 Å². The van der Waals surface area contributed by atoms with E-state index in [1.165, 1.54) is 12.1 Å². The first-order valence-electron chi connectivity index (χ1n) is 10.9. The molecule has 1 heterocycles. The summed E-state index contributed by atoms with van der Waals surface area (Å²) in [5.41, 5.74) is 1.83. The van der Waals surface area contributed by atoms with Crippen LogP contribution in [-0.4, -0.2) is 33.4 Å². The van der Waals surface area contributed by atoms with E-state index in [4.69, 9.17) is 18.9 Å². The van der Waals surface area contributed by atoms with Crippen LogP contribution in [0.3, 0.4) is 0 Å². The Labute approximate surface area is 189 Å². The fourth-order valence-corrected chi connectivity index (χ4v) is 4.13. The number of esters is 1. The highest BCUT2D eigenvalue weighted by Gasteiger charge is 2.39. The summed E-state index contributed by atoms with van der Waals surface area (Å²) >= 11 is 0. The lowest BCUT2D eigenvalue weighted by molar-refractivity contribution is -0.148. The molecule has 0 amide bonds. The molecule has 1 unspecified atom stereocenters. The standard InChI is InChI=1S/C26H33FO5/c1-26(2,3)14-24(28)31-16-21-19(12-17-6-11-22(29-4)23(13-17)30-5)15-32-25(21)18-7-9-20(27)10-8-18/h6-11,13,19,21,25H,12,14-16H2,1-5H3/t19-,21-,25?/m0/s1. The van der Waals surface area contributed by atoms with Gasteiger partial charge in [-0.1, -0.05) is 39.0 Å². The molecule has 1 aliphatic rings. The first-order valence-corrected chi connectivity index (χ1v) is 10.9. The lowest BCUT2D eigenvalue weighted by atomic mass is 9.84. The molecule has 1 saturated heterocycles. The third kappa shape index (κ3) is 6.22. The molecule has 32 heavy (non-hydrogen) atoms. The Hall–Kier alpha value is -2.60. The monoisotopic (exact) mass is 444 g/mol. The van der Waals surface area contributed by atoms with Gasteiger partial charge in [-0.25, -0.2) is 4.39 Å². The van der Waals surface area contributed by atoms with E-state index >= 15 is 0 Å². The van der Waals surface area contributed by atoms with E-state index in [1.54, 1.807) is 26.4 Å². The zero-order valence-electron chi connectivity index (χ0n) is 19.5. The van der Waals surface area contributed by atoms with Crippen LogP contribution in [0.2, 0.25) is 0 Å². The maximum absolute atomic E-state index is 13.4. The van der Waals surface area contributed by atoms with Crippen LogP contribution in [0.5, 0.6) is 11.5 Å². The smallest absolute Gasteiger partial charge is 0.306 e. The average molecular weight is 445 g/mol. The van der Waals surface area contributed by atoms with Gasteiger partial charge >= 0.3 is 5.97 Å². The molecule has 2 aromatic rings. The summed E-state index contributed by atoms with van der Waals surface area (Å²) in [6.45, 7) is 6.81. The fourth-order valence-electron chi connectivity index (χ4n) is 4.13. The number of carbonyl (C=O) groups is 1. The lowest BCUT2D eigenvalue weighted by Gasteiger charge is -2.24. The highest BCUT2D eigenvalue weighted by atomic mass is 19.1. The summed E-state index contributed by atoms with van der Waals surface area (Å²) in [5.74, 6) is 0.930. The maximum Gasteiger partial charge on any atom is 0.306 e. The van der Waals surface area contributed by atoms with Crippen LogP contribution in [0.1, 0.15) is 44.4 Å². The molecule has 0 aromatic heterocycles. The molecular weight excluding hydrogens is 411 g/mol. The zero-order chi connectivity index (χ0) is 23.3. The maximum atomic E-state index is 13.4. The first kappa shape index (κ1) is 24.1. The van der Waals surface area contributed by atoms with Crippen molar-refractivity contribution in [3.05, 3.63) is 59.4 Å². The van der Waals surface area contributed by atoms with Crippen LogP contribution in [-0.2, 0) is 20.7 Å². The molecule has 2 aromatic carbocycles. The van der Waals surface area contributed by atoms with Crippen molar-refractivity contribution in [3.8, 4) is 11.5 Å². The van der Waals surface area contributed by atoms with Crippen molar-refractivity contribution in [2.24, 2.45) is 17.3 Å². The second-order valence-electron chi connectivity index (χ2n) is 9.54. The Bertz CT molecular complexity index is 903. The van der Waals surface area contributed by atoms with Crippen LogP contribution >= 0.6 is 0 Å². The zero-order valence-corrected chi connectivity index (χ0v) is 19.5. The molecule has 3 rings (SSSR count). The highest BCUT2D eigenvalue weighted by molar-refractivity contribution is 5.70. The summed E-state index contributed by atoms with van der Waals surface area (Å²) in [7, 11) is 3.22. The predicted octanol–water partition coefficient (Wildman–Crippen LogP) is 5.37. The first-order chi connectivity index (χ1) is 15.2. The molecular formula is C26H33FO5. The van der Waals surface area contributed by atoms with Crippen LogP contribution in [0.4, 0.5) is 4.39 Å². The molecule has 174 valence electrons. The van der Waals surface area contributed by atoms with Gasteiger partial charge in [0.1, 0.15) is 5.82 Å². The van der Waals surface area contributed by atoms with Crippen LogP contribution in [0, 0.1) is 23.1 Å². The number of hydrogen-bond acceptors (Lipinski definition) is 5. The van der Waals surface area contributed by atoms with Gasteiger partial charge in [0.15, 0.2) is 11.5 Å². The van der Waals surface area contributed by atoms with Gasteiger partial charge in [-0.2, -0.15) is 0 Å². The van der Waals surface area contributed by atoms with Gasteiger partial charge in [-0.05, 0) is 53.1 Å². The molecule has 1 fully saturated rings. The summed E-state index contributed by atoms with van der Waals surface area (Å²) in [5, 5.41) is 0. The van der Waals surface area contributed by atoms with Gasteiger partial charge in [0, 0.05) is 5.92 Å². The van der Waals surface area contributed by atoms with Gasteiger partial charge in [0.2, 0.25) is 0 Å². The molecule has 5 nitrogen and oxygen atoms in total. The Kier molecular flexibility index (Phi) is 7.77. The number of methoxy groups -OCH3 is 2. The summed E-state index contributed by atoms with van der Waals surface area (Å²) in [6, 6.07) is 12.2. The topological polar surface area (TPSA) is 54.0 Å². The number of hydrogen-bond donors (Lipinski definition) is 0. The number of rotatable bonds is 8. The van der Waals surface area contributed by atoms with Gasteiger partial charge in [0.25, 0.3) is 0 Å². The third-order valence-electron chi connectivity index (χ3n) is 5.74. The molecule has 0 radical (unpaired) electrons.